The summed E-state index contributed by atoms with van der Waals surface area (Å²) in [6, 6.07) is 8.18. The van der Waals surface area contributed by atoms with E-state index in [1.807, 2.05) is 19.2 Å². The van der Waals surface area contributed by atoms with Gasteiger partial charge in [0.2, 0.25) is 11.8 Å². The molecule has 1 aliphatic heterocycles. The van der Waals surface area contributed by atoms with Crippen molar-refractivity contribution in [3.8, 4) is 0 Å². The van der Waals surface area contributed by atoms with Crippen molar-refractivity contribution in [1.29, 1.82) is 0 Å². The molecule has 3 rings (SSSR count). The fourth-order valence-corrected chi connectivity index (χ4v) is 3.88. The first-order valence-corrected chi connectivity index (χ1v) is 9.15. The molecule has 1 fully saturated rings. The fourth-order valence-electron chi connectivity index (χ4n) is 3.88. The van der Waals surface area contributed by atoms with Gasteiger partial charge in [-0.25, -0.2) is 0 Å². The van der Waals surface area contributed by atoms with Gasteiger partial charge in [0.15, 0.2) is 0 Å². The first-order chi connectivity index (χ1) is 12.4. The Balaban J connectivity index is 1.63. The van der Waals surface area contributed by atoms with Crippen molar-refractivity contribution in [2.45, 2.75) is 37.7 Å². The van der Waals surface area contributed by atoms with Crippen LogP contribution in [0.1, 0.15) is 31.2 Å². The van der Waals surface area contributed by atoms with Gasteiger partial charge < -0.3 is 19.9 Å². The highest BCUT2D eigenvalue weighted by atomic mass is 16.3. The number of aromatic nitrogens is 1. The predicted octanol–water partition coefficient (Wildman–Crippen LogP) is 1.60. The first-order valence-electron chi connectivity index (χ1n) is 9.15. The number of aryl methyl sites for hydroxylation is 2. The Labute approximate surface area is 153 Å². The number of aliphatic hydroxyl groups is 1. The summed E-state index contributed by atoms with van der Waals surface area (Å²) in [5.74, 6) is -0.162. The lowest BCUT2D eigenvalue weighted by Crippen LogP contribution is -2.52. The topological polar surface area (TPSA) is 74.6 Å². The molecule has 0 spiro atoms. The summed E-state index contributed by atoms with van der Waals surface area (Å²) in [6.45, 7) is 0.874. The Morgan fingerprint density at radius 2 is 2.08 bits per heavy atom. The average Bonchev–Trinajstić information content (AvgIpc) is 2.95. The van der Waals surface area contributed by atoms with Gasteiger partial charge in [-0.15, -0.1) is 0 Å². The number of benzene rings is 1. The van der Waals surface area contributed by atoms with Gasteiger partial charge in [-0.3, -0.25) is 9.59 Å². The second kappa shape index (κ2) is 7.50. The van der Waals surface area contributed by atoms with E-state index in [0.717, 1.165) is 11.1 Å². The van der Waals surface area contributed by atoms with Crippen LogP contribution >= 0.6 is 0 Å². The zero-order valence-corrected chi connectivity index (χ0v) is 15.5. The van der Waals surface area contributed by atoms with Crippen LogP contribution in [0.5, 0.6) is 0 Å². The van der Waals surface area contributed by atoms with Crippen LogP contribution in [0.15, 0.2) is 30.5 Å². The Morgan fingerprint density at radius 3 is 2.85 bits per heavy atom. The summed E-state index contributed by atoms with van der Waals surface area (Å²) < 4.78 is 2.08. The zero-order chi connectivity index (χ0) is 18.7. The smallest absolute Gasteiger partial charge is 0.223 e. The Morgan fingerprint density at radius 1 is 1.31 bits per heavy atom. The number of carbonyl (C=O) groups excluding carboxylic acids is 2. The molecule has 1 aliphatic rings. The normalized spacial score (nSPS) is 20.3. The molecule has 140 valence electrons. The second-order valence-electron chi connectivity index (χ2n) is 7.28. The first kappa shape index (κ1) is 18.5. The minimum Gasteiger partial charge on any atom is -0.388 e. The zero-order valence-electron chi connectivity index (χ0n) is 15.5. The van der Waals surface area contributed by atoms with Gasteiger partial charge in [-0.1, -0.05) is 18.2 Å². The van der Waals surface area contributed by atoms with Crippen LogP contribution in [0.25, 0.3) is 10.9 Å². The maximum absolute atomic E-state index is 12.7. The summed E-state index contributed by atoms with van der Waals surface area (Å²) in [5.41, 5.74) is 1.20. The van der Waals surface area contributed by atoms with Crippen molar-refractivity contribution in [3.05, 3.63) is 36.0 Å². The number of hydrogen-bond acceptors (Lipinski definition) is 3. The third-order valence-electron chi connectivity index (χ3n) is 5.26. The molecule has 2 N–H and O–H groups in total. The number of nitrogens with one attached hydrogen (secondary N) is 1. The number of nitrogens with zero attached hydrogens (tertiary/aromatic N) is 2. The molecule has 1 saturated heterocycles. The number of rotatable bonds is 5. The maximum Gasteiger partial charge on any atom is 0.223 e. The molecule has 1 aromatic carbocycles. The Bertz CT molecular complexity index is 814. The lowest BCUT2D eigenvalue weighted by atomic mass is 9.89. The van der Waals surface area contributed by atoms with Crippen molar-refractivity contribution >= 4 is 22.7 Å². The second-order valence-corrected chi connectivity index (χ2v) is 7.28. The van der Waals surface area contributed by atoms with E-state index in [1.54, 1.807) is 11.9 Å². The largest absolute Gasteiger partial charge is 0.388 e. The lowest BCUT2D eigenvalue weighted by molar-refractivity contribution is -0.142. The summed E-state index contributed by atoms with van der Waals surface area (Å²) >= 11 is 0. The Kier molecular flexibility index (Phi) is 5.32. The van der Waals surface area contributed by atoms with E-state index in [4.69, 9.17) is 0 Å². The van der Waals surface area contributed by atoms with Crippen LogP contribution in [0.2, 0.25) is 0 Å². The highest BCUT2D eigenvalue weighted by molar-refractivity contribution is 5.85. The number of β-amino-alcohol motifs (C(OH)–C–C–N with tert-alkyl or cyclic N) is 1. The van der Waals surface area contributed by atoms with E-state index in [1.165, 1.54) is 5.39 Å². The van der Waals surface area contributed by atoms with Gasteiger partial charge in [0.05, 0.1) is 12.0 Å². The number of hydrogen-bond donors (Lipinski definition) is 2. The number of likely N-dealkylation sites (tertiary alicyclic amines) is 1. The summed E-state index contributed by atoms with van der Waals surface area (Å²) in [6.07, 6.45) is 4.46. The standard InChI is InChI=1S/C20H27N3O3/c1-21-18(24)12-20(26)10-5-11-23(14-20)19(25)9-8-15-13-22(2)17-7-4-3-6-16(15)17/h3-4,6-7,13,26H,5,8-12,14H2,1-2H3,(H,21,24). The van der Waals surface area contributed by atoms with Crippen molar-refractivity contribution in [2.24, 2.45) is 7.05 Å². The molecule has 6 nitrogen and oxygen atoms in total. The molecule has 1 unspecified atom stereocenters. The van der Waals surface area contributed by atoms with Crippen molar-refractivity contribution in [1.82, 2.24) is 14.8 Å². The number of para-hydroxylation sites is 1. The SMILES string of the molecule is CNC(=O)CC1(O)CCCN(C(=O)CCc2cn(C)c3ccccc23)C1. The maximum atomic E-state index is 12.7. The van der Waals surface area contributed by atoms with Crippen LogP contribution in [0, 0.1) is 0 Å². The van der Waals surface area contributed by atoms with Crippen LogP contribution in [0.4, 0.5) is 0 Å². The summed E-state index contributed by atoms with van der Waals surface area (Å²) in [7, 11) is 3.57. The number of carbonyl (C=O) groups is 2. The molecule has 2 aromatic rings. The van der Waals surface area contributed by atoms with E-state index in [-0.39, 0.29) is 24.8 Å². The summed E-state index contributed by atoms with van der Waals surface area (Å²) in [4.78, 5) is 26.0. The number of amides is 2. The van der Waals surface area contributed by atoms with E-state index in [9.17, 15) is 14.7 Å². The molecule has 6 heteroatoms. The van der Waals surface area contributed by atoms with E-state index >= 15 is 0 Å². The van der Waals surface area contributed by atoms with E-state index in [2.05, 4.69) is 28.2 Å². The monoisotopic (exact) mass is 357 g/mol. The van der Waals surface area contributed by atoms with Crippen molar-refractivity contribution in [2.75, 3.05) is 20.1 Å². The summed E-state index contributed by atoms with van der Waals surface area (Å²) in [5, 5.41) is 14.4. The fraction of sp³-hybridized carbons (Fsp3) is 0.500. The molecule has 1 aromatic heterocycles. The van der Waals surface area contributed by atoms with Gasteiger partial charge in [-0.05, 0) is 30.9 Å². The van der Waals surface area contributed by atoms with Gasteiger partial charge in [0.1, 0.15) is 0 Å². The van der Waals surface area contributed by atoms with Gasteiger partial charge in [0, 0.05) is 50.7 Å². The highest BCUT2D eigenvalue weighted by Crippen LogP contribution is 2.26. The average molecular weight is 357 g/mol. The minimum absolute atomic E-state index is 0.0352. The van der Waals surface area contributed by atoms with Gasteiger partial charge in [-0.2, -0.15) is 0 Å². The molecule has 0 aliphatic carbocycles. The molecular weight excluding hydrogens is 330 g/mol. The minimum atomic E-state index is -1.12. The van der Waals surface area contributed by atoms with E-state index in [0.29, 0.717) is 32.2 Å². The number of piperidine rings is 1. The van der Waals surface area contributed by atoms with Gasteiger partial charge in [0.25, 0.3) is 0 Å². The predicted molar refractivity (Wildman–Crippen MR) is 101 cm³/mol. The molecule has 1 atom stereocenters. The van der Waals surface area contributed by atoms with Crippen molar-refractivity contribution in [3.63, 3.8) is 0 Å². The van der Waals surface area contributed by atoms with Crippen LogP contribution in [0.3, 0.4) is 0 Å². The molecule has 26 heavy (non-hydrogen) atoms. The molecule has 2 amide bonds. The third kappa shape index (κ3) is 3.90. The van der Waals surface area contributed by atoms with Crippen LogP contribution in [-0.2, 0) is 23.1 Å². The Hall–Kier alpha value is -2.34. The lowest BCUT2D eigenvalue weighted by Gasteiger charge is -2.39. The van der Waals surface area contributed by atoms with Crippen molar-refractivity contribution < 1.29 is 14.7 Å². The quantitative estimate of drug-likeness (QED) is 0.854. The van der Waals surface area contributed by atoms with Gasteiger partial charge >= 0.3 is 0 Å². The molecular formula is C20H27N3O3. The number of fused-ring (bicyclic) bond motifs is 1. The molecule has 0 radical (unpaired) electrons. The molecule has 0 saturated carbocycles. The van der Waals surface area contributed by atoms with Crippen LogP contribution < -0.4 is 5.32 Å². The van der Waals surface area contributed by atoms with Crippen LogP contribution in [-0.4, -0.2) is 52.1 Å². The van der Waals surface area contributed by atoms with E-state index < -0.39 is 5.60 Å². The molecule has 0 bridgehead atoms. The third-order valence-corrected chi connectivity index (χ3v) is 5.26. The highest BCUT2D eigenvalue weighted by Gasteiger charge is 2.36. The molecule has 2 heterocycles.